The lowest BCUT2D eigenvalue weighted by atomic mass is 9.98. The molecule has 0 unspecified atom stereocenters. The third-order valence-electron chi connectivity index (χ3n) is 8.21. The van der Waals surface area contributed by atoms with Crippen LogP contribution in [0.3, 0.4) is 0 Å². The molecule has 0 aromatic heterocycles. The van der Waals surface area contributed by atoms with Gasteiger partial charge in [-0.3, -0.25) is 9.59 Å². The van der Waals surface area contributed by atoms with Crippen LogP contribution >= 0.6 is 11.8 Å². The van der Waals surface area contributed by atoms with Gasteiger partial charge in [0.2, 0.25) is 11.0 Å². The van der Waals surface area contributed by atoms with Crippen molar-refractivity contribution < 1.29 is 43.7 Å². The van der Waals surface area contributed by atoms with Gasteiger partial charge in [0.05, 0.1) is 6.61 Å². The highest BCUT2D eigenvalue weighted by molar-refractivity contribution is 8.13. The van der Waals surface area contributed by atoms with Crippen LogP contribution in [0.25, 0.3) is 11.1 Å². The molecule has 4 aromatic rings. The smallest absolute Gasteiger partial charge is 0.408 e. The number of rotatable bonds is 15. The normalized spacial score (nSPS) is 13.4. The molecule has 5 N–H and O–H groups in total. The van der Waals surface area contributed by atoms with Gasteiger partial charge in [0, 0.05) is 18.1 Å². The van der Waals surface area contributed by atoms with Gasteiger partial charge in [-0.25, -0.2) is 14.4 Å². The molecule has 0 saturated heterocycles. The second-order valence-corrected chi connectivity index (χ2v) is 12.7. The first-order valence-electron chi connectivity index (χ1n) is 16.2. The molecule has 51 heavy (non-hydrogen) atoms. The Kier molecular flexibility index (Phi) is 12.8. The van der Waals surface area contributed by atoms with Crippen LogP contribution in [-0.2, 0) is 36.9 Å². The van der Waals surface area contributed by atoms with E-state index in [0.29, 0.717) is 17.3 Å². The minimum Gasteiger partial charge on any atom is -0.480 e. The van der Waals surface area contributed by atoms with E-state index < -0.39 is 59.7 Å². The number of carboxylic acids is 1. The molecule has 13 heteroatoms. The topological polar surface area (TPSA) is 180 Å². The van der Waals surface area contributed by atoms with Crippen LogP contribution in [0.15, 0.2) is 109 Å². The first-order chi connectivity index (χ1) is 24.7. The minimum absolute atomic E-state index is 0.0340. The summed E-state index contributed by atoms with van der Waals surface area (Å²) in [5.41, 5.74) is 5.64. The highest BCUT2D eigenvalue weighted by Gasteiger charge is 2.31. The number of carbonyl (C=O) groups is 5. The number of alkyl carbamates (subject to hydrolysis) is 2. The highest BCUT2D eigenvalue weighted by Crippen LogP contribution is 2.44. The van der Waals surface area contributed by atoms with Crippen LogP contribution < -0.4 is 16.0 Å². The van der Waals surface area contributed by atoms with Crippen molar-refractivity contribution in [1.29, 1.82) is 0 Å². The van der Waals surface area contributed by atoms with Gasteiger partial charge >= 0.3 is 18.2 Å². The Morgan fingerprint density at radius 2 is 1.18 bits per heavy atom. The molecule has 264 valence electrons. The summed E-state index contributed by atoms with van der Waals surface area (Å²) in [5.74, 6) is -3.04. The Morgan fingerprint density at radius 3 is 1.76 bits per heavy atom. The number of aliphatic carboxylic acids is 1. The number of carbonyl (C=O) groups excluding carboxylic acids is 4. The molecular weight excluding hydrogens is 674 g/mol. The lowest BCUT2D eigenvalue weighted by molar-refractivity contribution is -0.141. The molecule has 1 aliphatic carbocycles. The summed E-state index contributed by atoms with van der Waals surface area (Å²) in [6.07, 6.45) is -1.71. The molecule has 5 rings (SSSR count). The monoisotopic (exact) mass is 711 g/mol. The highest BCUT2D eigenvalue weighted by atomic mass is 32.2. The molecule has 0 fully saturated rings. The van der Waals surface area contributed by atoms with Crippen LogP contribution in [0.4, 0.5) is 9.59 Å². The van der Waals surface area contributed by atoms with Crippen molar-refractivity contribution in [3.05, 3.63) is 131 Å². The van der Waals surface area contributed by atoms with Crippen LogP contribution in [0.2, 0.25) is 0 Å². The Labute approximate surface area is 298 Å². The fourth-order valence-corrected chi connectivity index (χ4v) is 6.54. The number of hydrogen-bond donors (Lipinski definition) is 5. The molecule has 0 heterocycles. The number of hydrogen-bond acceptors (Lipinski definition) is 9. The van der Waals surface area contributed by atoms with Gasteiger partial charge in [-0.1, -0.05) is 121 Å². The van der Waals surface area contributed by atoms with Crippen molar-refractivity contribution in [2.24, 2.45) is 0 Å². The molecule has 0 spiro atoms. The quantitative estimate of drug-likeness (QED) is 0.120. The number of aliphatic hydroxyl groups is 1. The number of amides is 3. The lowest BCUT2D eigenvalue weighted by Crippen LogP contribution is -2.54. The van der Waals surface area contributed by atoms with Gasteiger partial charge < -0.3 is 35.6 Å². The molecule has 0 saturated carbocycles. The zero-order valence-corrected chi connectivity index (χ0v) is 28.2. The largest absolute Gasteiger partial charge is 0.480 e. The molecule has 3 amide bonds. The summed E-state index contributed by atoms with van der Waals surface area (Å²) in [7, 11) is 0. The Hall–Kier alpha value is -5.66. The van der Waals surface area contributed by atoms with Gasteiger partial charge in [0.1, 0.15) is 31.3 Å². The summed E-state index contributed by atoms with van der Waals surface area (Å²) in [4.78, 5) is 63.7. The van der Waals surface area contributed by atoms with Crippen molar-refractivity contribution in [3.8, 4) is 11.1 Å². The Morgan fingerprint density at radius 1 is 0.647 bits per heavy atom. The lowest BCUT2D eigenvalue weighted by Gasteiger charge is -2.21. The van der Waals surface area contributed by atoms with Crippen LogP contribution in [0, 0.1) is 0 Å². The fourth-order valence-electron chi connectivity index (χ4n) is 5.64. The summed E-state index contributed by atoms with van der Waals surface area (Å²) in [5, 5.41) is 26.1. The SMILES string of the molecule is O=C(N[C@@H](CO)C(=O)N[C@@H](CSC(=O)[C@H](Cc1ccccc1)NC(=O)OCC1c2ccccc2-c2ccccc21)C(=O)O)OCc1ccccc1. The van der Waals surface area contributed by atoms with E-state index in [4.69, 9.17) is 9.47 Å². The van der Waals surface area contributed by atoms with E-state index in [-0.39, 0.29) is 25.6 Å². The van der Waals surface area contributed by atoms with E-state index >= 15 is 0 Å². The predicted molar refractivity (Wildman–Crippen MR) is 190 cm³/mol. The Balaban J connectivity index is 1.18. The molecule has 12 nitrogen and oxygen atoms in total. The molecule has 0 aliphatic heterocycles. The Bertz CT molecular complexity index is 1800. The number of ether oxygens (including phenoxy) is 2. The van der Waals surface area contributed by atoms with Crippen molar-refractivity contribution in [2.45, 2.75) is 37.1 Å². The first-order valence-corrected chi connectivity index (χ1v) is 17.2. The minimum atomic E-state index is -1.57. The molecule has 4 aromatic carbocycles. The molecule has 0 radical (unpaired) electrons. The number of carboxylic acid groups (broad SMARTS) is 1. The van der Waals surface area contributed by atoms with E-state index in [1.54, 1.807) is 54.6 Å². The summed E-state index contributed by atoms with van der Waals surface area (Å²) >= 11 is 0.609. The number of nitrogens with one attached hydrogen (secondary N) is 3. The van der Waals surface area contributed by atoms with E-state index in [1.165, 1.54) is 0 Å². The first kappa shape index (κ1) is 36.6. The third kappa shape index (κ3) is 9.96. The number of thioether (sulfide) groups is 1. The van der Waals surface area contributed by atoms with E-state index in [0.717, 1.165) is 27.8 Å². The summed E-state index contributed by atoms with van der Waals surface area (Å²) in [6.45, 7) is -0.892. The second-order valence-electron chi connectivity index (χ2n) is 11.7. The number of aliphatic hydroxyl groups excluding tert-OH is 1. The van der Waals surface area contributed by atoms with Crippen LogP contribution in [0.5, 0.6) is 0 Å². The summed E-state index contributed by atoms with van der Waals surface area (Å²) in [6, 6.07) is 29.4. The predicted octanol–water partition coefficient (Wildman–Crippen LogP) is 4.25. The van der Waals surface area contributed by atoms with E-state index in [2.05, 4.69) is 16.0 Å². The van der Waals surface area contributed by atoms with Gasteiger partial charge in [-0.05, 0) is 33.4 Å². The van der Waals surface area contributed by atoms with Crippen molar-refractivity contribution in [3.63, 3.8) is 0 Å². The van der Waals surface area contributed by atoms with Crippen molar-refractivity contribution >= 4 is 40.9 Å². The van der Waals surface area contributed by atoms with Gasteiger partial charge in [0.25, 0.3) is 0 Å². The van der Waals surface area contributed by atoms with Crippen molar-refractivity contribution in [2.75, 3.05) is 19.0 Å². The zero-order valence-electron chi connectivity index (χ0n) is 27.4. The second kappa shape index (κ2) is 17.8. The standard InChI is InChI=1S/C38H37N3O9S/c42-20-32(41-38(48)49-21-25-13-5-2-6-14-25)34(43)39-33(35(44)45)23-51-36(46)31(19-24-11-3-1-4-12-24)40-37(47)50-22-30-28-17-9-7-15-26(28)27-16-8-10-18-29(27)30/h1-18,30-33,42H,19-23H2,(H,39,43)(H,40,47)(H,41,48)(H,44,45)/t31-,32-,33-/m0/s1. The average molecular weight is 712 g/mol. The van der Waals surface area contributed by atoms with E-state index in [9.17, 15) is 34.2 Å². The molecule has 3 atom stereocenters. The molecule has 1 aliphatic rings. The van der Waals surface area contributed by atoms with Gasteiger partial charge in [-0.2, -0.15) is 0 Å². The van der Waals surface area contributed by atoms with Gasteiger partial charge in [0.15, 0.2) is 0 Å². The fraction of sp³-hybridized carbons (Fsp3) is 0.237. The van der Waals surface area contributed by atoms with Gasteiger partial charge in [-0.15, -0.1) is 0 Å². The maximum Gasteiger partial charge on any atom is 0.408 e. The maximum atomic E-state index is 13.5. The zero-order chi connectivity index (χ0) is 36.2. The van der Waals surface area contributed by atoms with Crippen LogP contribution in [0.1, 0.15) is 28.2 Å². The van der Waals surface area contributed by atoms with E-state index in [1.807, 2.05) is 54.6 Å². The third-order valence-corrected chi connectivity index (χ3v) is 9.28. The van der Waals surface area contributed by atoms with Crippen molar-refractivity contribution in [1.82, 2.24) is 16.0 Å². The van der Waals surface area contributed by atoms with Crippen LogP contribution in [-0.4, -0.2) is 76.5 Å². The molecular formula is C38H37N3O9S. The number of benzene rings is 4. The summed E-state index contributed by atoms with van der Waals surface area (Å²) < 4.78 is 10.7. The average Bonchev–Trinajstić information content (AvgIpc) is 3.47. The maximum absolute atomic E-state index is 13.5. The number of fused-ring (bicyclic) bond motifs is 3. The molecule has 0 bridgehead atoms.